The highest BCUT2D eigenvalue weighted by Gasteiger charge is 2.37. The van der Waals surface area contributed by atoms with Crippen molar-refractivity contribution in [2.45, 2.75) is 44.2 Å². The van der Waals surface area contributed by atoms with Crippen LogP contribution >= 0.6 is 0 Å². The van der Waals surface area contributed by atoms with Gasteiger partial charge in [-0.2, -0.15) is 0 Å². The van der Waals surface area contributed by atoms with Crippen LogP contribution in [0.4, 0.5) is 0 Å². The first-order chi connectivity index (χ1) is 9.92. The summed E-state index contributed by atoms with van der Waals surface area (Å²) in [5.74, 6) is -0.000961. The standard InChI is InChI=1S/C17H27N3O/c1-13-6-8-14(9-7-13)15(20(2)3)12-19-16(21)17(18)10-4-5-11-17/h6-9,15H,4-5,10-12,18H2,1-3H3,(H,19,21). The summed E-state index contributed by atoms with van der Waals surface area (Å²) in [7, 11) is 4.06. The van der Waals surface area contributed by atoms with Crippen LogP contribution in [0, 0.1) is 6.92 Å². The zero-order valence-electron chi connectivity index (χ0n) is 13.4. The van der Waals surface area contributed by atoms with Gasteiger partial charge in [-0.05, 0) is 39.4 Å². The molecule has 0 heterocycles. The first-order valence-corrected chi connectivity index (χ1v) is 7.72. The summed E-state index contributed by atoms with van der Waals surface area (Å²) < 4.78 is 0. The van der Waals surface area contributed by atoms with Crippen molar-refractivity contribution in [3.8, 4) is 0 Å². The van der Waals surface area contributed by atoms with Crippen LogP contribution in [0.15, 0.2) is 24.3 Å². The average Bonchev–Trinajstić information content (AvgIpc) is 2.88. The Balaban J connectivity index is 2.00. The zero-order chi connectivity index (χ0) is 15.5. The molecule has 1 aromatic carbocycles. The molecular formula is C17H27N3O. The van der Waals surface area contributed by atoms with Crippen molar-refractivity contribution in [1.29, 1.82) is 0 Å². The Kier molecular flexibility index (Phi) is 5.01. The molecule has 116 valence electrons. The maximum Gasteiger partial charge on any atom is 0.240 e. The SMILES string of the molecule is Cc1ccc(C(CNC(=O)C2(N)CCCC2)N(C)C)cc1. The van der Waals surface area contributed by atoms with Crippen molar-refractivity contribution < 1.29 is 4.79 Å². The molecule has 0 aliphatic heterocycles. The molecule has 21 heavy (non-hydrogen) atoms. The van der Waals surface area contributed by atoms with E-state index in [9.17, 15) is 4.79 Å². The maximum absolute atomic E-state index is 12.3. The minimum absolute atomic E-state index is 0.000961. The second-order valence-electron chi connectivity index (χ2n) is 6.46. The molecule has 0 aromatic heterocycles. The lowest BCUT2D eigenvalue weighted by molar-refractivity contribution is -0.126. The van der Waals surface area contributed by atoms with Crippen LogP contribution in [-0.4, -0.2) is 37.0 Å². The predicted octanol–water partition coefficient (Wildman–Crippen LogP) is 1.99. The topological polar surface area (TPSA) is 58.4 Å². The molecule has 2 rings (SSSR count). The number of rotatable bonds is 5. The normalized spacial score (nSPS) is 18.7. The van der Waals surface area contributed by atoms with Gasteiger partial charge in [-0.1, -0.05) is 42.7 Å². The molecule has 1 atom stereocenters. The van der Waals surface area contributed by atoms with Crippen LogP contribution < -0.4 is 11.1 Å². The third-order valence-corrected chi connectivity index (χ3v) is 4.49. The van der Waals surface area contributed by atoms with E-state index in [1.54, 1.807) is 0 Å². The number of carbonyl (C=O) groups is 1. The van der Waals surface area contributed by atoms with Crippen LogP contribution in [0.25, 0.3) is 0 Å². The molecule has 3 N–H and O–H groups in total. The largest absolute Gasteiger partial charge is 0.353 e. The quantitative estimate of drug-likeness (QED) is 0.871. The Labute approximate surface area is 127 Å². The first kappa shape index (κ1) is 16.0. The van der Waals surface area contributed by atoms with Crippen molar-refractivity contribution in [2.75, 3.05) is 20.6 Å². The summed E-state index contributed by atoms with van der Waals surface area (Å²) in [6.45, 7) is 2.67. The Bertz CT molecular complexity index is 475. The number of benzene rings is 1. The molecule has 1 aliphatic rings. The van der Waals surface area contributed by atoms with Crippen molar-refractivity contribution in [1.82, 2.24) is 10.2 Å². The lowest BCUT2D eigenvalue weighted by atomic mass is 9.97. The van der Waals surface area contributed by atoms with Crippen LogP contribution in [0.2, 0.25) is 0 Å². The fraction of sp³-hybridized carbons (Fsp3) is 0.588. The number of nitrogens with one attached hydrogen (secondary N) is 1. The summed E-state index contributed by atoms with van der Waals surface area (Å²) in [5, 5.41) is 3.05. The third kappa shape index (κ3) is 3.83. The summed E-state index contributed by atoms with van der Waals surface area (Å²) in [4.78, 5) is 14.5. The Hall–Kier alpha value is -1.39. The number of amides is 1. The predicted molar refractivity (Wildman–Crippen MR) is 86.0 cm³/mol. The zero-order valence-corrected chi connectivity index (χ0v) is 13.4. The van der Waals surface area contributed by atoms with Crippen molar-refractivity contribution in [2.24, 2.45) is 5.73 Å². The Morgan fingerprint density at radius 3 is 2.38 bits per heavy atom. The van der Waals surface area contributed by atoms with Crippen LogP contribution in [-0.2, 0) is 4.79 Å². The second kappa shape index (κ2) is 6.58. The number of hydrogen-bond donors (Lipinski definition) is 2. The third-order valence-electron chi connectivity index (χ3n) is 4.49. The van der Waals surface area contributed by atoms with Gasteiger partial charge in [0, 0.05) is 6.54 Å². The monoisotopic (exact) mass is 289 g/mol. The summed E-state index contributed by atoms with van der Waals surface area (Å²) in [6, 6.07) is 8.63. The molecule has 1 saturated carbocycles. The van der Waals surface area contributed by atoms with Gasteiger partial charge in [0.25, 0.3) is 0 Å². The molecule has 1 fully saturated rings. The molecule has 0 bridgehead atoms. The van der Waals surface area contributed by atoms with E-state index in [0.717, 1.165) is 25.7 Å². The number of carbonyl (C=O) groups excluding carboxylic acids is 1. The van der Waals surface area contributed by atoms with Crippen molar-refractivity contribution in [3.63, 3.8) is 0 Å². The molecule has 0 saturated heterocycles. The van der Waals surface area contributed by atoms with E-state index in [1.807, 2.05) is 14.1 Å². The molecular weight excluding hydrogens is 262 g/mol. The highest BCUT2D eigenvalue weighted by Crippen LogP contribution is 2.27. The molecule has 4 nitrogen and oxygen atoms in total. The van der Waals surface area contributed by atoms with Gasteiger partial charge in [0.05, 0.1) is 11.6 Å². The number of nitrogens with zero attached hydrogens (tertiary/aromatic N) is 1. The molecule has 1 aromatic rings. The van der Waals surface area contributed by atoms with Gasteiger partial charge in [0.2, 0.25) is 5.91 Å². The van der Waals surface area contributed by atoms with Crippen LogP contribution in [0.1, 0.15) is 42.9 Å². The van der Waals surface area contributed by atoms with Crippen molar-refractivity contribution in [3.05, 3.63) is 35.4 Å². The molecule has 1 unspecified atom stereocenters. The lowest BCUT2D eigenvalue weighted by Crippen LogP contribution is -2.53. The molecule has 4 heteroatoms. The smallest absolute Gasteiger partial charge is 0.240 e. The van der Waals surface area contributed by atoms with E-state index in [4.69, 9.17) is 5.73 Å². The number of hydrogen-bond acceptors (Lipinski definition) is 3. The highest BCUT2D eigenvalue weighted by molar-refractivity contribution is 5.86. The van der Waals surface area contributed by atoms with Crippen molar-refractivity contribution >= 4 is 5.91 Å². The van der Waals surface area contributed by atoms with Crippen LogP contribution in [0.5, 0.6) is 0 Å². The molecule has 0 spiro atoms. The van der Waals surface area contributed by atoms with Gasteiger partial charge in [0.15, 0.2) is 0 Å². The minimum atomic E-state index is -0.649. The van der Waals surface area contributed by atoms with E-state index in [-0.39, 0.29) is 11.9 Å². The number of nitrogens with two attached hydrogens (primary N) is 1. The Morgan fingerprint density at radius 2 is 1.86 bits per heavy atom. The minimum Gasteiger partial charge on any atom is -0.353 e. The van der Waals surface area contributed by atoms with E-state index >= 15 is 0 Å². The van der Waals surface area contributed by atoms with Gasteiger partial charge in [0.1, 0.15) is 0 Å². The van der Waals surface area contributed by atoms with E-state index < -0.39 is 5.54 Å². The molecule has 0 radical (unpaired) electrons. The average molecular weight is 289 g/mol. The van der Waals surface area contributed by atoms with Gasteiger partial charge in [-0.25, -0.2) is 0 Å². The summed E-state index contributed by atoms with van der Waals surface area (Å²) >= 11 is 0. The summed E-state index contributed by atoms with van der Waals surface area (Å²) in [5.41, 5.74) is 8.00. The maximum atomic E-state index is 12.3. The second-order valence-corrected chi connectivity index (χ2v) is 6.46. The molecule has 1 aliphatic carbocycles. The number of likely N-dealkylation sites (N-methyl/N-ethyl adjacent to an activating group) is 1. The van der Waals surface area contributed by atoms with Gasteiger partial charge < -0.3 is 16.0 Å². The fourth-order valence-corrected chi connectivity index (χ4v) is 2.99. The van der Waals surface area contributed by atoms with Gasteiger partial charge >= 0.3 is 0 Å². The Morgan fingerprint density at radius 1 is 1.29 bits per heavy atom. The van der Waals surface area contributed by atoms with E-state index in [1.165, 1.54) is 11.1 Å². The summed E-state index contributed by atoms with van der Waals surface area (Å²) in [6.07, 6.45) is 3.71. The van der Waals surface area contributed by atoms with Crippen LogP contribution in [0.3, 0.4) is 0 Å². The van der Waals surface area contributed by atoms with E-state index in [0.29, 0.717) is 6.54 Å². The number of aryl methyl sites for hydroxylation is 1. The molecule has 1 amide bonds. The van der Waals surface area contributed by atoms with Gasteiger partial charge in [-0.15, -0.1) is 0 Å². The van der Waals surface area contributed by atoms with Gasteiger partial charge in [-0.3, -0.25) is 4.79 Å². The lowest BCUT2D eigenvalue weighted by Gasteiger charge is -2.28. The van der Waals surface area contributed by atoms with E-state index in [2.05, 4.69) is 41.4 Å². The first-order valence-electron chi connectivity index (χ1n) is 7.72. The fourth-order valence-electron chi connectivity index (χ4n) is 2.99. The highest BCUT2D eigenvalue weighted by atomic mass is 16.2.